The zero-order chi connectivity index (χ0) is 26.5. The molecule has 9 heteroatoms. The molecule has 37 heavy (non-hydrogen) atoms. The van der Waals surface area contributed by atoms with Gasteiger partial charge in [0, 0.05) is 24.3 Å². The predicted molar refractivity (Wildman–Crippen MR) is 141 cm³/mol. The topological polar surface area (TPSA) is 106 Å². The van der Waals surface area contributed by atoms with Crippen LogP contribution in [0.4, 0.5) is 5.69 Å². The summed E-state index contributed by atoms with van der Waals surface area (Å²) in [7, 11) is 1.48. The quantitative estimate of drug-likeness (QED) is 0.364. The lowest BCUT2D eigenvalue weighted by atomic mass is 10.1. The lowest BCUT2D eigenvalue weighted by molar-refractivity contribution is -0.136. The molecule has 0 aliphatic carbocycles. The summed E-state index contributed by atoms with van der Waals surface area (Å²) in [5.41, 5.74) is 3.97. The normalized spacial score (nSPS) is 10.9. The van der Waals surface area contributed by atoms with Crippen molar-refractivity contribution in [1.29, 1.82) is 0 Å². The van der Waals surface area contributed by atoms with E-state index in [0.717, 1.165) is 11.1 Å². The third-order valence-corrected chi connectivity index (χ3v) is 5.81. The number of pyridine rings is 1. The largest absolute Gasteiger partial charge is 0.452 e. The number of likely N-dealkylation sites (N-methyl/N-ethyl adjacent to an activating group) is 1. The van der Waals surface area contributed by atoms with Gasteiger partial charge in [-0.1, -0.05) is 48.0 Å². The number of nitrogens with one attached hydrogen (secondary N) is 1. The van der Waals surface area contributed by atoms with Crippen molar-refractivity contribution >= 4 is 34.5 Å². The fraction of sp³-hybridized carbons (Fsp3) is 0.250. The Morgan fingerprint density at radius 2 is 1.76 bits per heavy atom. The summed E-state index contributed by atoms with van der Waals surface area (Å²) in [6.45, 7) is 5.23. The Hall–Kier alpha value is -4.53. The molecular formula is C28H29N5O4. The number of amides is 2. The van der Waals surface area contributed by atoms with Gasteiger partial charge in [-0.2, -0.15) is 5.10 Å². The van der Waals surface area contributed by atoms with E-state index in [9.17, 15) is 14.4 Å². The van der Waals surface area contributed by atoms with Crippen LogP contribution in [0.25, 0.3) is 22.3 Å². The number of nitrogens with zero attached hydrogens (tertiary/aromatic N) is 4. The molecule has 0 aliphatic rings. The monoisotopic (exact) mass is 499 g/mol. The van der Waals surface area contributed by atoms with Gasteiger partial charge in [0.05, 0.1) is 29.4 Å². The van der Waals surface area contributed by atoms with Crippen LogP contribution in [0.3, 0.4) is 0 Å². The van der Waals surface area contributed by atoms with Crippen LogP contribution in [0.15, 0.2) is 66.9 Å². The Morgan fingerprint density at radius 3 is 2.43 bits per heavy atom. The molecule has 2 amide bonds. The van der Waals surface area contributed by atoms with Crippen LogP contribution in [0, 0.1) is 6.92 Å². The Labute approximate surface area is 215 Å². The van der Waals surface area contributed by atoms with E-state index in [1.807, 2.05) is 63.2 Å². The molecule has 2 aromatic heterocycles. The maximum atomic E-state index is 13.1. The highest BCUT2D eigenvalue weighted by molar-refractivity contribution is 6.04. The Kier molecular flexibility index (Phi) is 7.62. The van der Waals surface area contributed by atoms with Crippen molar-refractivity contribution in [2.45, 2.75) is 26.8 Å². The minimum Gasteiger partial charge on any atom is -0.452 e. The number of carbonyl (C=O) groups excluding carboxylic acids is 3. The summed E-state index contributed by atoms with van der Waals surface area (Å²) in [6.07, 6.45) is 1.58. The van der Waals surface area contributed by atoms with Crippen molar-refractivity contribution in [2.75, 3.05) is 25.5 Å². The third-order valence-electron chi connectivity index (χ3n) is 5.81. The highest BCUT2D eigenvalue weighted by Gasteiger charge is 2.21. The van der Waals surface area contributed by atoms with E-state index in [2.05, 4.69) is 10.4 Å². The maximum absolute atomic E-state index is 13.1. The molecule has 190 valence electrons. The molecule has 2 heterocycles. The van der Waals surface area contributed by atoms with E-state index in [-0.39, 0.29) is 24.1 Å². The molecule has 0 radical (unpaired) electrons. The number of aryl methyl sites for hydroxylation is 1. The van der Waals surface area contributed by atoms with Crippen molar-refractivity contribution < 1.29 is 19.1 Å². The molecule has 0 fully saturated rings. The van der Waals surface area contributed by atoms with E-state index < -0.39 is 18.5 Å². The van der Waals surface area contributed by atoms with E-state index in [1.165, 1.54) is 11.9 Å². The molecule has 0 unspecified atom stereocenters. The summed E-state index contributed by atoms with van der Waals surface area (Å²) in [5, 5.41) is 7.68. The van der Waals surface area contributed by atoms with E-state index in [0.29, 0.717) is 22.4 Å². The van der Waals surface area contributed by atoms with E-state index in [1.54, 1.807) is 29.1 Å². The minimum atomic E-state index is -0.668. The standard InChI is InChI=1S/C28H29N5O4/c1-18(2)33-27-23(15-29-33)22(14-24(31-27)20-8-6-5-7-9-20)28(36)37-17-26(35)32(4)16-25(34)30-21-12-10-19(3)11-13-21/h5-15,18H,16-17H2,1-4H3,(H,30,34). The van der Waals surface area contributed by atoms with Crippen LogP contribution in [0.2, 0.25) is 0 Å². The number of rotatable bonds is 8. The molecule has 4 aromatic rings. The van der Waals surface area contributed by atoms with Crippen molar-refractivity contribution in [3.8, 4) is 11.3 Å². The summed E-state index contributed by atoms with van der Waals surface area (Å²) in [4.78, 5) is 44.0. The molecule has 0 aliphatic heterocycles. The Bertz CT molecular complexity index is 1430. The number of hydrogen-bond donors (Lipinski definition) is 1. The molecule has 0 saturated carbocycles. The summed E-state index contributed by atoms with van der Waals surface area (Å²) in [6, 6.07) is 18.5. The molecule has 0 bridgehead atoms. The number of esters is 1. The molecule has 1 N–H and O–H groups in total. The average molecular weight is 500 g/mol. The lowest BCUT2D eigenvalue weighted by Crippen LogP contribution is -2.37. The van der Waals surface area contributed by atoms with Gasteiger partial charge in [0.25, 0.3) is 5.91 Å². The molecular weight excluding hydrogens is 470 g/mol. The van der Waals surface area contributed by atoms with Crippen molar-refractivity contribution in [1.82, 2.24) is 19.7 Å². The first kappa shape index (κ1) is 25.6. The second-order valence-electron chi connectivity index (χ2n) is 9.08. The van der Waals surface area contributed by atoms with Crippen LogP contribution < -0.4 is 5.32 Å². The third kappa shape index (κ3) is 6.00. The second-order valence-corrected chi connectivity index (χ2v) is 9.08. The number of fused-ring (bicyclic) bond motifs is 1. The van der Waals surface area contributed by atoms with Crippen LogP contribution >= 0.6 is 0 Å². The van der Waals surface area contributed by atoms with Gasteiger partial charge in [-0.3, -0.25) is 9.59 Å². The minimum absolute atomic E-state index is 0.0289. The average Bonchev–Trinajstić information content (AvgIpc) is 3.32. The molecule has 4 rings (SSSR count). The van der Waals surface area contributed by atoms with Gasteiger partial charge in [-0.25, -0.2) is 14.5 Å². The van der Waals surface area contributed by atoms with Gasteiger partial charge in [-0.15, -0.1) is 0 Å². The molecule has 2 aromatic carbocycles. The van der Waals surface area contributed by atoms with Crippen LogP contribution in [0.1, 0.15) is 35.8 Å². The second kappa shape index (κ2) is 11.0. The van der Waals surface area contributed by atoms with E-state index >= 15 is 0 Å². The maximum Gasteiger partial charge on any atom is 0.339 e. The van der Waals surface area contributed by atoms with Crippen molar-refractivity contribution in [3.05, 3.63) is 78.0 Å². The van der Waals surface area contributed by atoms with Crippen molar-refractivity contribution in [3.63, 3.8) is 0 Å². The SMILES string of the molecule is Cc1ccc(NC(=O)CN(C)C(=O)COC(=O)c2cc(-c3ccccc3)nc3c2cnn3C(C)C)cc1. The fourth-order valence-corrected chi connectivity index (χ4v) is 3.78. The molecule has 0 saturated heterocycles. The summed E-state index contributed by atoms with van der Waals surface area (Å²) in [5.74, 6) is -1.52. The first-order valence-electron chi connectivity index (χ1n) is 11.9. The number of benzene rings is 2. The highest BCUT2D eigenvalue weighted by Crippen LogP contribution is 2.26. The number of hydrogen-bond acceptors (Lipinski definition) is 6. The van der Waals surface area contributed by atoms with Gasteiger partial charge in [0.1, 0.15) is 0 Å². The van der Waals surface area contributed by atoms with E-state index in [4.69, 9.17) is 9.72 Å². The molecule has 9 nitrogen and oxygen atoms in total. The Morgan fingerprint density at radius 1 is 1.05 bits per heavy atom. The van der Waals surface area contributed by atoms with Crippen molar-refractivity contribution in [2.24, 2.45) is 0 Å². The predicted octanol–water partition coefficient (Wildman–Crippen LogP) is 4.24. The fourth-order valence-electron chi connectivity index (χ4n) is 3.78. The number of anilines is 1. The van der Waals surface area contributed by atoms with Gasteiger partial charge >= 0.3 is 5.97 Å². The summed E-state index contributed by atoms with van der Waals surface area (Å²) >= 11 is 0. The highest BCUT2D eigenvalue weighted by atomic mass is 16.5. The van der Waals surface area contributed by atoms with Gasteiger partial charge in [0.2, 0.25) is 5.91 Å². The van der Waals surface area contributed by atoms with Gasteiger partial charge in [-0.05, 0) is 39.0 Å². The van der Waals surface area contributed by atoms with Crippen LogP contribution in [-0.2, 0) is 14.3 Å². The lowest BCUT2D eigenvalue weighted by Gasteiger charge is -2.17. The van der Waals surface area contributed by atoms with Gasteiger partial charge < -0.3 is 15.0 Å². The number of ether oxygens (including phenoxy) is 1. The first-order chi connectivity index (χ1) is 17.7. The molecule has 0 spiro atoms. The number of carbonyl (C=O) groups is 3. The van der Waals surface area contributed by atoms with Crippen LogP contribution in [-0.4, -0.2) is 57.6 Å². The first-order valence-corrected chi connectivity index (χ1v) is 11.9. The summed E-state index contributed by atoms with van der Waals surface area (Å²) < 4.78 is 7.11. The van der Waals surface area contributed by atoms with Crippen LogP contribution in [0.5, 0.6) is 0 Å². The zero-order valence-corrected chi connectivity index (χ0v) is 21.3. The smallest absolute Gasteiger partial charge is 0.339 e. The van der Waals surface area contributed by atoms with Gasteiger partial charge in [0.15, 0.2) is 12.3 Å². The molecule has 0 atom stereocenters. The Balaban J connectivity index is 1.46. The number of aromatic nitrogens is 3. The zero-order valence-electron chi connectivity index (χ0n) is 21.3.